The molecule has 70 valence electrons. The number of hydrogen-bond acceptors (Lipinski definition) is 1. The molecular formula is C12H16O. The van der Waals surface area contributed by atoms with Crippen LogP contribution >= 0.6 is 0 Å². The summed E-state index contributed by atoms with van der Waals surface area (Å²) in [5.74, 6) is 0.109. The number of rotatable bonds is 1. The molecule has 0 unspecified atom stereocenters. The van der Waals surface area contributed by atoms with Gasteiger partial charge >= 0.3 is 0 Å². The monoisotopic (exact) mass is 176 g/mol. The molecule has 0 aliphatic rings. The summed E-state index contributed by atoms with van der Waals surface area (Å²) in [7, 11) is 0. The van der Waals surface area contributed by atoms with E-state index in [9.17, 15) is 4.79 Å². The third-order valence-electron chi connectivity index (χ3n) is 1.34. The van der Waals surface area contributed by atoms with Crippen molar-refractivity contribution < 1.29 is 4.79 Å². The molecule has 0 heterocycles. The molecule has 0 saturated heterocycles. The van der Waals surface area contributed by atoms with Gasteiger partial charge in [-0.2, -0.15) is 0 Å². The predicted molar refractivity (Wildman–Crippen MR) is 56.7 cm³/mol. The molecule has 1 nitrogen and oxygen atoms in total. The molecule has 0 bridgehead atoms. The average molecular weight is 176 g/mol. The largest absolute Gasteiger partial charge is 0.295 e. The highest BCUT2D eigenvalue weighted by atomic mass is 16.1. The van der Waals surface area contributed by atoms with E-state index in [0.717, 1.165) is 0 Å². The van der Waals surface area contributed by atoms with Crippen LogP contribution in [0.1, 0.15) is 19.4 Å². The Labute approximate surface area is 80.1 Å². The van der Waals surface area contributed by atoms with E-state index in [2.05, 4.69) is 19.1 Å². The summed E-state index contributed by atoms with van der Waals surface area (Å²) in [5.41, 5.74) is 1.32. The Hall–Kier alpha value is -1.37. The summed E-state index contributed by atoms with van der Waals surface area (Å²) in [6.07, 6.45) is 3.25. The van der Waals surface area contributed by atoms with Crippen LogP contribution < -0.4 is 0 Å². The van der Waals surface area contributed by atoms with Crippen molar-refractivity contribution in [3.05, 3.63) is 48.0 Å². The number of allylic oxidation sites excluding steroid dienone is 2. The lowest BCUT2D eigenvalue weighted by Crippen LogP contribution is -1.76. The van der Waals surface area contributed by atoms with Crippen LogP contribution in [0.25, 0.3) is 0 Å². The molecule has 0 saturated carbocycles. The number of ketones is 1. The molecule has 0 spiro atoms. The van der Waals surface area contributed by atoms with E-state index in [1.54, 1.807) is 6.08 Å². The van der Waals surface area contributed by atoms with Gasteiger partial charge in [-0.05, 0) is 26.8 Å². The first-order valence-electron chi connectivity index (χ1n) is 4.31. The molecule has 1 aromatic carbocycles. The second kappa shape index (κ2) is 7.29. The van der Waals surface area contributed by atoms with Crippen LogP contribution in [0.2, 0.25) is 0 Å². The highest BCUT2D eigenvalue weighted by Gasteiger charge is 1.73. The van der Waals surface area contributed by atoms with Gasteiger partial charge in [0.25, 0.3) is 0 Å². The number of benzene rings is 1. The van der Waals surface area contributed by atoms with Gasteiger partial charge in [0.15, 0.2) is 5.78 Å². The number of carbonyl (C=O) groups is 1. The molecule has 0 aliphatic carbocycles. The number of carbonyl (C=O) groups excluding carboxylic acids is 1. The highest BCUT2D eigenvalue weighted by molar-refractivity contribution is 5.87. The van der Waals surface area contributed by atoms with Crippen molar-refractivity contribution in [2.75, 3.05) is 0 Å². The second-order valence-electron chi connectivity index (χ2n) is 2.77. The fourth-order valence-corrected chi connectivity index (χ4v) is 0.769. The van der Waals surface area contributed by atoms with E-state index in [1.165, 1.54) is 18.6 Å². The van der Waals surface area contributed by atoms with E-state index in [1.807, 2.05) is 25.1 Å². The van der Waals surface area contributed by atoms with Crippen molar-refractivity contribution in [3.63, 3.8) is 0 Å². The quantitative estimate of drug-likeness (QED) is 0.601. The highest BCUT2D eigenvalue weighted by Crippen LogP contribution is 1.92. The molecular weight excluding hydrogens is 160 g/mol. The van der Waals surface area contributed by atoms with Crippen molar-refractivity contribution in [1.29, 1.82) is 0 Å². The van der Waals surface area contributed by atoms with E-state index in [-0.39, 0.29) is 5.78 Å². The molecule has 1 heteroatoms. The number of hydrogen-bond donors (Lipinski definition) is 0. The molecule has 0 N–H and O–H groups in total. The minimum Gasteiger partial charge on any atom is -0.295 e. The predicted octanol–water partition coefficient (Wildman–Crippen LogP) is 3.15. The van der Waals surface area contributed by atoms with Gasteiger partial charge < -0.3 is 0 Å². The average Bonchev–Trinajstić information content (AvgIpc) is 2.06. The Morgan fingerprint density at radius 3 is 1.92 bits per heavy atom. The van der Waals surface area contributed by atoms with Gasteiger partial charge in [-0.15, -0.1) is 0 Å². The summed E-state index contributed by atoms with van der Waals surface area (Å²) >= 11 is 0. The van der Waals surface area contributed by atoms with Crippen molar-refractivity contribution in [2.24, 2.45) is 0 Å². The zero-order valence-corrected chi connectivity index (χ0v) is 8.45. The van der Waals surface area contributed by atoms with Crippen LogP contribution in [0, 0.1) is 6.92 Å². The molecule has 0 fully saturated rings. The Morgan fingerprint density at radius 2 is 1.77 bits per heavy atom. The Bertz CT molecular complexity index is 260. The maximum Gasteiger partial charge on any atom is 0.152 e. The van der Waals surface area contributed by atoms with Gasteiger partial charge in [0, 0.05) is 0 Å². The number of aryl methyl sites for hydroxylation is 1. The van der Waals surface area contributed by atoms with Gasteiger partial charge in [-0.1, -0.05) is 42.0 Å². The van der Waals surface area contributed by atoms with Crippen LogP contribution in [-0.2, 0) is 4.79 Å². The zero-order valence-electron chi connectivity index (χ0n) is 8.45. The summed E-state index contributed by atoms with van der Waals surface area (Å²) in [6, 6.07) is 10.3. The van der Waals surface area contributed by atoms with Crippen LogP contribution in [0.3, 0.4) is 0 Å². The Kier molecular flexibility index (Phi) is 6.52. The third kappa shape index (κ3) is 8.54. The SMILES string of the molecule is C/C=C/C(C)=O.Cc1ccccc1. The van der Waals surface area contributed by atoms with Crippen LogP contribution in [0.5, 0.6) is 0 Å². The third-order valence-corrected chi connectivity index (χ3v) is 1.34. The van der Waals surface area contributed by atoms with Gasteiger partial charge in [0.05, 0.1) is 0 Å². The molecule has 0 aromatic heterocycles. The van der Waals surface area contributed by atoms with Crippen molar-refractivity contribution in [3.8, 4) is 0 Å². The summed E-state index contributed by atoms with van der Waals surface area (Å²) in [6.45, 7) is 5.43. The topological polar surface area (TPSA) is 17.1 Å². The summed E-state index contributed by atoms with van der Waals surface area (Å²) < 4.78 is 0. The minimum absolute atomic E-state index is 0.109. The lowest BCUT2D eigenvalue weighted by atomic mass is 10.2. The van der Waals surface area contributed by atoms with Crippen molar-refractivity contribution in [1.82, 2.24) is 0 Å². The van der Waals surface area contributed by atoms with Gasteiger partial charge in [0.1, 0.15) is 0 Å². The van der Waals surface area contributed by atoms with E-state index >= 15 is 0 Å². The lowest BCUT2D eigenvalue weighted by Gasteiger charge is -1.82. The summed E-state index contributed by atoms with van der Waals surface area (Å²) in [4.78, 5) is 9.96. The van der Waals surface area contributed by atoms with Gasteiger partial charge in [-0.3, -0.25) is 4.79 Å². The Balaban J connectivity index is 0.000000226. The molecule has 0 radical (unpaired) electrons. The normalized spacial score (nSPS) is 9.15. The van der Waals surface area contributed by atoms with Crippen LogP contribution in [0.4, 0.5) is 0 Å². The fraction of sp³-hybridized carbons (Fsp3) is 0.250. The van der Waals surface area contributed by atoms with Crippen molar-refractivity contribution in [2.45, 2.75) is 20.8 Å². The molecule has 1 aromatic rings. The first kappa shape index (κ1) is 11.6. The first-order valence-corrected chi connectivity index (χ1v) is 4.31. The summed E-state index contributed by atoms with van der Waals surface area (Å²) in [5, 5.41) is 0. The van der Waals surface area contributed by atoms with Gasteiger partial charge in [-0.25, -0.2) is 0 Å². The molecule has 0 atom stereocenters. The molecule has 0 aliphatic heterocycles. The standard InChI is InChI=1S/C7H8.C5H8O/c1-7-5-3-2-4-6-7;1-3-4-5(2)6/h2-6H,1H3;3-4H,1-2H3/b;4-3+. The van der Waals surface area contributed by atoms with E-state index in [4.69, 9.17) is 0 Å². The van der Waals surface area contributed by atoms with Crippen molar-refractivity contribution >= 4 is 5.78 Å². The first-order chi connectivity index (χ1) is 6.16. The maximum atomic E-state index is 9.96. The maximum absolute atomic E-state index is 9.96. The van der Waals surface area contributed by atoms with E-state index in [0.29, 0.717) is 0 Å². The fourth-order valence-electron chi connectivity index (χ4n) is 0.769. The minimum atomic E-state index is 0.109. The van der Waals surface area contributed by atoms with E-state index < -0.39 is 0 Å². The molecule has 13 heavy (non-hydrogen) atoms. The second-order valence-corrected chi connectivity index (χ2v) is 2.77. The zero-order chi connectivity index (χ0) is 10.1. The molecule has 1 rings (SSSR count). The van der Waals surface area contributed by atoms with Crippen LogP contribution in [0.15, 0.2) is 42.5 Å². The molecule has 0 amide bonds. The smallest absolute Gasteiger partial charge is 0.152 e. The van der Waals surface area contributed by atoms with Gasteiger partial charge in [0.2, 0.25) is 0 Å². The van der Waals surface area contributed by atoms with Crippen LogP contribution in [-0.4, -0.2) is 5.78 Å². The lowest BCUT2D eigenvalue weighted by molar-refractivity contribution is -0.112. The Morgan fingerprint density at radius 1 is 1.23 bits per heavy atom.